The third kappa shape index (κ3) is 1.96. The van der Waals surface area contributed by atoms with Crippen molar-refractivity contribution in [2.45, 2.75) is 25.8 Å². The van der Waals surface area contributed by atoms with Gasteiger partial charge in [0.15, 0.2) is 0 Å². The first-order valence-corrected chi connectivity index (χ1v) is 5.42. The number of hydrogen-bond acceptors (Lipinski definition) is 2. The molecule has 0 heterocycles. The molecule has 1 rings (SSSR count). The molecule has 0 unspecified atom stereocenters. The third-order valence-electron chi connectivity index (χ3n) is 1.61. The fourth-order valence-electron chi connectivity index (χ4n) is 1.17. The maximum atomic E-state index is 11.1. The van der Waals surface area contributed by atoms with Crippen molar-refractivity contribution in [1.29, 1.82) is 0 Å². The summed E-state index contributed by atoms with van der Waals surface area (Å²) in [5, 5.41) is 0. The van der Waals surface area contributed by atoms with Crippen molar-refractivity contribution < 1.29 is 8.42 Å². The number of hydrogen-bond donors (Lipinski definition) is 0. The van der Waals surface area contributed by atoms with Crippen LogP contribution in [0, 0.1) is 0 Å². The van der Waals surface area contributed by atoms with Gasteiger partial charge in [-0.3, -0.25) is 4.31 Å². The topological polar surface area (TPSA) is 37.4 Å². The lowest BCUT2D eigenvalue weighted by Crippen LogP contribution is -2.29. The molecular formula is C7H13NO2S. The highest BCUT2D eigenvalue weighted by molar-refractivity contribution is 7.88. The molecule has 3 nitrogen and oxygen atoms in total. The van der Waals surface area contributed by atoms with Gasteiger partial charge in [-0.05, 0) is 19.8 Å². The normalized spacial score (nSPS) is 18.0. The zero-order valence-electron chi connectivity index (χ0n) is 6.87. The molecule has 1 aliphatic carbocycles. The number of rotatable bonds is 3. The number of sulfonamides is 1. The monoisotopic (exact) mass is 175 g/mol. The Labute approximate surface area is 67.8 Å². The van der Waals surface area contributed by atoms with E-state index in [-0.39, 0.29) is 6.04 Å². The van der Waals surface area contributed by atoms with Gasteiger partial charge in [-0.1, -0.05) is 6.58 Å². The molecule has 0 amide bonds. The van der Waals surface area contributed by atoms with Crippen molar-refractivity contribution in [2.75, 3.05) is 6.26 Å². The van der Waals surface area contributed by atoms with Crippen molar-refractivity contribution in [3.63, 3.8) is 0 Å². The van der Waals surface area contributed by atoms with Crippen LogP contribution in [0.2, 0.25) is 0 Å². The van der Waals surface area contributed by atoms with Crippen LogP contribution in [0.4, 0.5) is 0 Å². The molecule has 1 aliphatic rings. The smallest absolute Gasteiger partial charge is 0.232 e. The summed E-state index contributed by atoms with van der Waals surface area (Å²) in [5.74, 6) is 0. The van der Waals surface area contributed by atoms with E-state index in [0.29, 0.717) is 5.70 Å². The van der Waals surface area contributed by atoms with Crippen LogP contribution in [0.15, 0.2) is 12.3 Å². The zero-order valence-corrected chi connectivity index (χ0v) is 7.69. The molecule has 0 spiro atoms. The third-order valence-corrected chi connectivity index (χ3v) is 2.94. The van der Waals surface area contributed by atoms with Gasteiger partial charge < -0.3 is 0 Å². The molecule has 0 radical (unpaired) electrons. The van der Waals surface area contributed by atoms with E-state index >= 15 is 0 Å². The van der Waals surface area contributed by atoms with E-state index in [1.54, 1.807) is 6.92 Å². The first-order chi connectivity index (χ1) is 4.93. The molecule has 1 saturated carbocycles. The second-order valence-corrected chi connectivity index (χ2v) is 4.88. The average molecular weight is 175 g/mol. The predicted molar refractivity (Wildman–Crippen MR) is 44.5 cm³/mol. The maximum Gasteiger partial charge on any atom is 0.232 e. The summed E-state index contributed by atoms with van der Waals surface area (Å²) in [4.78, 5) is 0. The summed E-state index contributed by atoms with van der Waals surface area (Å²) in [6.07, 6.45) is 3.17. The van der Waals surface area contributed by atoms with Crippen LogP contribution >= 0.6 is 0 Å². The Hall–Kier alpha value is -0.510. The summed E-state index contributed by atoms with van der Waals surface area (Å²) < 4.78 is 23.6. The number of nitrogens with zero attached hydrogens (tertiary/aromatic N) is 1. The molecule has 64 valence electrons. The Morgan fingerprint density at radius 2 is 2.00 bits per heavy atom. The Morgan fingerprint density at radius 1 is 1.55 bits per heavy atom. The average Bonchev–Trinajstić information content (AvgIpc) is 2.42. The van der Waals surface area contributed by atoms with Crippen LogP contribution in [-0.2, 0) is 10.0 Å². The minimum atomic E-state index is -3.07. The maximum absolute atomic E-state index is 11.1. The molecule has 0 atom stereocenters. The van der Waals surface area contributed by atoms with Crippen molar-refractivity contribution in [3.8, 4) is 0 Å². The quantitative estimate of drug-likeness (QED) is 0.640. The van der Waals surface area contributed by atoms with Gasteiger partial charge in [0.2, 0.25) is 10.0 Å². The van der Waals surface area contributed by atoms with Gasteiger partial charge in [-0.2, -0.15) is 0 Å². The highest BCUT2D eigenvalue weighted by atomic mass is 32.2. The van der Waals surface area contributed by atoms with Gasteiger partial charge in [0.05, 0.1) is 6.26 Å². The summed E-state index contributed by atoms with van der Waals surface area (Å²) in [5.41, 5.74) is 0.620. The summed E-state index contributed by atoms with van der Waals surface area (Å²) in [7, 11) is -3.07. The largest absolute Gasteiger partial charge is 0.272 e. The summed E-state index contributed by atoms with van der Waals surface area (Å²) in [6, 6.07) is 0.197. The summed E-state index contributed by atoms with van der Waals surface area (Å²) >= 11 is 0. The van der Waals surface area contributed by atoms with Gasteiger partial charge in [0.1, 0.15) is 0 Å². The highest BCUT2D eigenvalue weighted by Crippen LogP contribution is 2.31. The van der Waals surface area contributed by atoms with E-state index in [1.807, 2.05) is 0 Å². The predicted octanol–water partition coefficient (Wildman–Crippen LogP) is 0.944. The minimum Gasteiger partial charge on any atom is -0.272 e. The molecule has 1 fully saturated rings. The Kier molecular flexibility index (Phi) is 1.96. The van der Waals surface area contributed by atoms with Crippen molar-refractivity contribution in [1.82, 2.24) is 4.31 Å². The van der Waals surface area contributed by atoms with Gasteiger partial charge in [0, 0.05) is 11.7 Å². The summed E-state index contributed by atoms with van der Waals surface area (Å²) in [6.45, 7) is 5.35. The molecular weight excluding hydrogens is 162 g/mol. The highest BCUT2D eigenvalue weighted by Gasteiger charge is 2.34. The van der Waals surface area contributed by atoms with Crippen molar-refractivity contribution >= 4 is 10.0 Å². The lowest BCUT2D eigenvalue weighted by Gasteiger charge is -2.21. The van der Waals surface area contributed by atoms with E-state index in [9.17, 15) is 8.42 Å². The molecule has 4 heteroatoms. The van der Waals surface area contributed by atoms with E-state index in [1.165, 1.54) is 10.6 Å². The molecule has 0 aromatic heterocycles. The first kappa shape index (κ1) is 8.59. The van der Waals surface area contributed by atoms with Crippen LogP contribution in [0.3, 0.4) is 0 Å². The van der Waals surface area contributed by atoms with Crippen LogP contribution in [0.5, 0.6) is 0 Å². The van der Waals surface area contributed by atoms with Gasteiger partial charge in [-0.15, -0.1) is 0 Å². The Bertz CT molecular complexity index is 264. The van der Waals surface area contributed by atoms with E-state index in [4.69, 9.17) is 0 Å². The van der Waals surface area contributed by atoms with E-state index < -0.39 is 10.0 Å². The van der Waals surface area contributed by atoms with Crippen LogP contribution in [0.1, 0.15) is 19.8 Å². The standard InChI is InChI=1S/C7H13NO2S/c1-6(2)8(7-4-5-7)11(3,9)10/h7H,1,4-5H2,2-3H3. The molecule has 0 N–H and O–H groups in total. The SMILES string of the molecule is C=C(C)N(C1CC1)S(C)(=O)=O. The van der Waals surface area contributed by atoms with Gasteiger partial charge in [-0.25, -0.2) is 8.42 Å². The van der Waals surface area contributed by atoms with Crippen LogP contribution < -0.4 is 0 Å². The van der Waals surface area contributed by atoms with E-state index in [2.05, 4.69) is 6.58 Å². The van der Waals surface area contributed by atoms with Crippen LogP contribution in [-0.4, -0.2) is 25.0 Å². The molecule has 0 bridgehead atoms. The van der Waals surface area contributed by atoms with Crippen molar-refractivity contribution in [2.24, 2.45) is 0 Å². The van der Waals surface area contributed by atoms with Gasteiger partial charge >= 0.3 is 0 Å². The molecule has 0 aliphatic heterocycles. The molecule has 0 aromatic rings. The zero-order chi connectivity index (χ0) is 8.65. The fraction of sp³-hybridized carbons (Fsp3) is 0.714. The Morgan fingerprint density at radius 3 is 2.09 bits per heavy atom. The second kappa shape index (κ2) is 2.52. The molecule has 0 aromatic carbocycles. The Balaban J connectivity index is 2.83. The lowest BCUT2D eigenvalue weighted by molar-refractivity contribution is 0.477. The lowest BCUT2D eigenvalue weighted by atomic mass is 10.5. The minimum absolute atomic E-state index is 0.197. The second-order valence-electron chi connectivity index (χ2n) is 3.03. The number of allylic oxidation sites excluding steroid dienone is 1. The first-order valence-electron chi connectivity index (χ1n) is 3.58. The molecule has 11 heavy (non-hydrogen) atoms. The van der Waals surface area contributed by atoms with Crippen LogP contribution in [0.25, 0.3) is 0 Å². The fourth-order valence-corrected chi connectivity index (χ4v) is 2.49. The molecule has 0 saturated heterocycles. The van der Waals surface area contributed by atoms with Gasteiger partial charge in [0.25, 0.3) is 0 Å². The van der Waals surface area contributed by atoms with E-state index in [0.717, 1.165) is 12.8 Å². The van der Waals surface area contributed by atoms with Crippen molar-refractivity contribution in [3.05, 3.63) is 12.3 Å².